The summed E-state index contributed by atoms with van der Waals surface area (Å²) in [5.41, 5.74) is 1.41. The monoisotopic (exact) mass is 283 g/mol. The van der Waals surface area contributed by atoms with Crippen molar-refractivity contribution in [2.75, 3.05) is 12.4 Å². The van der Waals surface area contributed by atoms with Crippen LogP contribution in [0.15, 0.2) is 18.2 Å². The maximum Gasteiger partial charge on any atom is 1.00 e. The Hall–Kier alpha value is 0.366. The third-order valence-electron chi connectivity index (χ3n) is 2.03. The molecule has 0 amide bonds. The van der Waals surface area contributed by atoms with Gasteiger partial charge in [0.15, 0.2) is 0 Å². The number of benzene rings is 1. The fourth-order valence-corrected chi connectivity index (χ4v) is 1.46. The van der Waals surface area contributed by atoms with Gasteiger partial charge < -0.3 is 17.0 Å². The summed E-state index contributed by atoms with van der Waals surface area (Å²) < 4.78 is 35.5. The van der Waals surface area contributed by atoms with Crippen molar-refractivity contribution in [3.05, 3.63) is 30.7 Å². The van der Waals surface area contributed by atoms with Crippen LogP contribution in [0.25, 0.3) is 0 Å². The van der Waals surface area contributed by atoms with Gasteiger partial charge in [-0.1, -0.05) is 6.07 Å². The molecule has 0 aliphatic carbocycles. The van der Waals surface area contributed by atoms with Gasteiger partial charge in [0.2, 0.25) is 0 Å². The molecule has 0 aromatic heterocycles. The van der Waals surface area contributed by atoms with Gasteiger partial charge in [0.05, 0.1) is 12.8 Å². The van der Waals surface area contributed by atoms with Crippen LogP contribution in [0.1, 0.15) is 5.56 Å². The first kappa shape index (κ1) is 17.4. The zero-order valence-corrected chi connectivity index (χ0v) is 14.0. The molecule has 5 nitrogen and oxygen atoms in total. The van der Waals surface area contributed by atoms with Crippen molar-refractivity contribution in [1.82, 2.24) is 0 Å². The number of nitrogens with one attached hydrogen (secondary N) is 1. The van der Waals surface area contributed by atoms with Crippen molar-refractivity contribution in [2.24, 2.45) is 0 Å². The van der Waals surface area contributed by atoms with Crippen molar-refractivity contribution >= 4 is 15.8 Å². The number of aryl methyl sites for hydroxylation is 1. The van der Waals surface area contributed by atoms with Crippen LogP contribution in [0.2, 0.25) is 0 Å². The van der Waals surface area contributed by atoms with E-state index in [2.05, 4.69) is 12.2 Å². The summed E-state index contributed by atoms with van der Waals surface area (Å²) >= 11 is 0. The molecule has 0 saturated carbocycles. The average molecular weight is 283 g/mol. The molecule has 1 aromatic carbocycles. The standard InChI is InChI=1S/C10H14NO4S.K/c1-7-4-5-10(15-3)9(6-7)11-8(2)16(12,13)14;/h4-6,8,11H,2H2,1,3H3,(H,12,13,14);/q-1;+1. The molecule has 1 atom stereocenters. The molecule has 2 N–H and O–H groups in total. The molecule has 1 rings (SSSR count). The molecule has 0 bridgehead atoms. The third-order valence-corrected chi connectivity index (χ3v) is 2.87. The van der Waals surface area contributed by atoms with E-state index in [1.165, 1.54) is 7.11 Å². The first-order valence-electron chi connectivity index (χ1n) is 4.55. The molecule has 90 valence electrons. The summed E-state index contributed by atoms with van der Waals surface area (Å²) in [7, 11) is -2.74. The molecule has 1 aromatic rings. The van der Waals surface area contributed by atoms with Crippen LogP contribution >= 0.6 is 0 Å². The summed E-state index contributed by atoms with van der Waals surface area (Å²) in [6, 6.07) is 5.24. The molecule has 0 aliphatic heterocycles. The minimum Gasteiger partial charge on any atom is -0.495 e. The number of hydrogen-bond acceptors (Lipinski definition) is 4. The quantitative estimate of drug-likeness (QED) is 0.398. The fraction of sp³-hybridized carbons (Fsp3) is 0.300. The average Bonchev–Trinajstić information content (AvgIpc) is 2.16. The molecular formula is C10H14KNO4S. The Morgan fingerprint density at radius 1 is 1.47 bits per heavy atom. The Bertz CT molecular complexity index is 475. The number of hydrogen-bond donors (Lipinski definition) is 2. The maximum atomic E-state index is 10.8. The number of ether oxygens (including phenoxy) is 1. The first-order valence-corrected chi connectivity index (χ1v) is 6.05. The second-order valence-electron chi connectivity index (χ2n) is 3.35. The zero-order chi connectivity index (χ0) is 12.3. The fourth-order valence-electron chi connectivity index (χ4n) is 1.18. The number of anilines is 1. The van der Waals surface area contributed by atoms with Crippen molar-refractivity contribution in [1.29, 1.82) is 0 Å². The van der Waals surface area contributed by atoms with E-state index in [1.54, 1.807) is 12.1 Å². The minimum absolute atomic E-state index is 0. The molecule has 0 aliphatic rings. The number of rotatable bonds is 4. The second-order valence-corrected chi connectivity index (χ2v) is 4.95. The predicted molar refractivity (Wildman–Crippen MR) is 62.0 cm³/mol. The van der Waals surface area contributed by atoms with Crippen LogP contribution < -0.4 is 61.4 Å². The Labute approximate surface area is 144 Å². The molecule has 7 heteroatoms. The van der Waals surface area contributed by atoms with Crippen molar-refractivity contribution in [2.45, 2.75) is 12.3 Å². The van der Waals surface area contributed by atoms with Gasteiger partial charge in [-0.15, -0.1) is 0 Å². The Kier molecular flexibility index (Phi) is 7.23. The third kappa shape index (κ3) is 5.25. The minimum atomic E-state index is -4.22. The van der Waals surface area contributed by atoms with E-state index in [-0.39, 0.29) is 51.4 Å². The summed E-state index contributed by atoms with van der Waals surface area (Å²) in [4.78, 5) is 0. The molecule has 17 heavy (non-hydrogen) atoms. The maximum absolute atomic E-state index is 10.8. The van der Waals surface area contributed by atoms with E-state index < -0.39 is 15.5 Å². The Morgan fingerprint density at radius 3 is 2.53 bits per heavy atom. The van der Waals surface area contributed by atoms with E-state index in [0.717, 1.165) is 5.56 Å². The molecule has 0 radical (unpaired) electrons. The molecular weight excluding hydrogens is 269 g/mol. The van der Waals surface area contributed by atoms with Crippen LogP contribution in [-0.4, -0.2) is 25.5 Å². The largest absolute Gasteiger partial charge is 1.00 e. The summed E-state index contributed by atoms with van der Waals surface area (Å²) in [6.07, 6.45) is 0. The first-order chi connectivity index (χ1) is 7.34. The summed E-state index contributed by atoms with van der Waals surface area (Å²) in [5, 5.41) is 1.24. The van der Waals surface area contributed by atoms with Crippen molar-refractivity contribution in [3.8, 4) is 5.75 Å². The molecule has 1 unspecified atom stereocenters. The van der Waals surface area contributed by atoms with Gasteiger partial charge in [0.1, 0.15) is 5.75 Å². The van der Waals surface area contributed by atoms with Gasteiger partial charge in [-0.05, 0) is 24.6 Å². The topological polar surface area (TPSA) is 75.6 Å². The predicted octanol–water partition coefficient (Wildman–Crippen LogP) is -1.53. The SMILES string of the molecule is [CH2-]C(Nc1cc(C)ccc1OC)S(=O)(=O)O.[K+]. The molecule has 0 saturated heterocycles. The van der Waals surface area contributed by atoms with E-state index >= 15 is 0 Å². The van der Waals surface area contributed by atoms with Crippen molar-refractivity contribution < 1.29 is 69.1 Å². The normalized spacial score (nSPS) is 12.5. The van der Waals surface area contributed by atoms with Crippen LogP contribution in [0.3, 0.4) is 0 Å². The summed E-state index contributed by atoms with van der Waals surface area (Å²) in [6.45, 7) is 5.16. The smallest absolute Gasteiger partial charge is 0.495 e. The second kappa shape index (κ2) is 7.08. The Balaban J connectivity index is 0.00000256. The van der Waals surface area contributed by atoms with Crippen LogP contribution in [0, 0.1) is 13.8 Å². The molecule has 0 spiro atoms. The van der Waals surface area contributed by atoms with Crippen LogP contribution in [0.5, 0.6) is 5.75 Å². The number of methoxy groups -OCH3 is 1. The molecule has 0 heterocycles. The van der Waals surface area contributed by atoms with Gasteiger partial charge in [-0.3, -0.25) is 4.55 Å². The molecule has 0 fully saturated rings. The van der Waals surface area contributed by atoms with E-state index in [4.69, 9.17) is 9.29 Å². The Morgan fingerprint density at radius 2 is 2.06 bits per heavy atom. The van der Waals surface area contributed by atoms with Crippen molar-refractivity contribution in [3.63, 3.8) is 0 Å². The van der Waals surface area contributed by atoms with E-state index in [9.17, 15) is 8.42 Å². The zero-order valence-electron chi connectivity index (χ0n) is 10.1. The van der Waals surface area contributed by atoms with Gasteiger partial charge in [-0.25, -0.2) is 8.42 Å². The van der Waals surface area contributed by atoms with E-state index in [0.29, 0.717) is 11.4 Å². The van der Waals surface area contributed by atoms with Gasteiger partial charge in [0, 0.05) is 5.37 Å². The van der Waals surface area contributed by atoms with Gasteiger partial charge in [0.25, 0.3) is 10.1 Å². The van der Waals surface area contributed by atoms with Gasteiger partial charge >= 0.3 is 51.4 Å². The van der Waals surface area contributed by atoms with Gasteiger partial charge in [-0.2, -0.15) is 0 Å². The van der Waals surface area contributed by atoms with E-state index in [1.807, 2.05) is 13.0 Å². The van der Waals surface area contributed by atoms with Crippen LogP contribution in [-0.2, 0) is 10.1 Å². The van der Waals surface area contributed by atoms with Crippen LogP contribution in [0.4, 0.5) is 5.69 Å². The summed E-state index contributed by atoms with van der Waals surface area (Å²) in [5.74, 6) is 0.489.